The summed E-state index contributed by atoms with van der Waals surface area (Å²) < 4.78 is 0. The molecule has 1 saturated heterocycles. The molecule has 1 amide bonds. The lowest BCUT2D eigenvalue weighted by Gasteiger charge is -2.33. The number of hydrogen-bond donors (Lipinski definition) is 2. The maximum absolute atomic E-state index is 12.0. The zero-order chi connectivity index (χ0) is 21.1. The van der Waals surface area contributed by atoms with E-state index < -0.39 is 0 Å². The van der Waals surface area contributed by atoms with E-state index in [4.69, 9.17) is 4.98 Å². The lowest BCUT2D eigenvalue weighted by molar-refractivity contribution is -0.127. The minimum atomic E-state index is -0.0125. The number of benzene rings is 1. The van der Waals surface area contributed by atoms with Crippen molar-refractivity contribution in [3.8, 4) is 0 Å². The molecule has 158 valence electrons. The second kappa shape index (κ2) is 8.83. The minimum absolute atomic E-state index is 0.0125. The van der Waals surface area contributed by atoms with Crippen LogP contribution in [0.3, 0.4) is 0 Å². The average Bonchev–Trinajstić information content (AvgIpc) is 3.18. The van der Waals surface area contributed by atoms with E-state index in [2.05, 4.69) is 52.2 Å². The van der Waals surface area contributed by atoms with Crippen LogP contribution < -0.4 is 10.6 Å². The van der Waals surface area contributed by atoms with Gasteiger partial charge in [-0.2, -0.15) is 4.98 Å². The van der Waals surface area contributed by atoms with Gasteiger partial charge < -0.3 is 15.5 Å². The molecule has 2 N–H and O–H groups in total. The number of anilines is 3. The van der Waals surface area contributed by atoms with Crippen molar-refractivity contribution in [1.29, 1.82) is 0 Å². The van der Waals surface area contributed by atoms with E-state index in [9.17, 15) is 4.79 Å². The Labute approximate surface area is 178 Å². The highest BCUT2D eigenvalue weighted by atomic mass is 16.2. The molecule has 7 nitrogen and oxygen atoms in total. The molecule has 0 radical (unpaired) electrons. The summed E-state index contributed by atoms with van der Waals surface area (Å²) in [5.74, 6) is 1.37. The van der Waals surface area contributed by atoms with Crippen LogP contribution in [0, 0.1) is 6.92 Å². The molecular formula is C23H30N6O. The van der Waals surface area contributed by atoms with Crippen LogP contribution in [0.25, 0.3) is 0 Å². The fraction of sp³-hybridized carbons (Fsp3) is 0.435. The summed E-state index contributed by atoms with van der Waals surface area (Å²) in [6.07, 6.45) is 5.19. The Kier molecular flexibility index (Phi) is 5.99. The normalized spacial score (nSPS) is 18.7. The Morgan fingerprint density at radius 1 is 1.33 bits per heavy atom. The lowest BCUT2D eigenvalue weighted by Crippen LogP contribution is -2.44. The summed E-state index contributed by atoms with van der Waals surface area (Å²) in [6.45, 7) is 12.3. The third-order valence-electron chi connectivity index (χ3n) is 5.92. The summed E-state index contributed by atoms with van der Waals surface area (Å²) in [6, 6.07) is 6.65. The highest BCUT2D eigenvalue weighted by Gasteiger charge is 2.23. The van der Waals surface area contributed by atoms with E-state index in [0.717, 1.165) is 56.1 Å². The predicted octanol–water partition coefficient (Wildman–Crippen LogP) is 3.45. The predicted molar refractivity (Wildman–Crippen MR) is 120 cm³/mol. The first kappa shape index (κ1) is 20.3. The van der Waals surface area contributed by atoms with E-state index >= 15 is 0 Å². The highest BCUT2D eigenvalue weighted by molar-refractivity contribution is 5.87. The van der Waals surface area contributed by atoms with Gasteiger partial charge in [-0.3, -0.25) is 9.69 Å². The summed E-state index contributed by atoms with van der Waals surface area (Å²) in [5, 5.41) is 6.86. The van der Waals surface area contributed by atoms with Crippen LogP contribution in [0.5, 0.6) is 0 Å². The Balaban J connectivity index is 1.45. The van der Waals surface area contributed by atoms with Crippen LogP contribution >= 0.6 is 0 Å². The van der Waals surface area contributed by atoms with Gasteiger partial charge in [-0.15, -0.1) is 0 Å². The summed E-state index contributed by atoms with van der Waals surface area (Å²) in [5.41, 5.74) is 4.74. The number of hydrogen-bond acceptors (Lipinski definition) is 6. The van der Waals surface area contributed by atoms with Crippen LogP contribution in [-0.2, 0) is 17.9 Å². The van der Waals surface area contributed by atoms with Gasteiger partial charge in [-0.05, 0) is 55.6 Å². The van der Waals surface area contributed by atoms with Gasteiger partial charge in [0, 0.05) is 49.7 Å². The molecule has 7 heteroatoms. The van der Waals surface area contributed by atoms with Crippen molar-refractivity contribution in [2.75, 3.05) is 30.3 Å². The number of amides is 1. The number of piperidine rings is 1. The summed E-state index contributed by atoms with van der Waals surface area (Å²) in [7, 11) is 0. The van der Waals surface area contributed by atoms with Crippen LogP contribution in [0.15, 0.2) is 37.1 Å². The first-order chi connectivity index (χ1) is 14.6. The Morgan fingerprint density at radius 2 is 2.17 bits per heavy atom. The number of nitrogens with one attached hydrogen (secondary N) is 2. The largest absolute Gasteiger partial charge is 0.365 e. The van der Waals surface area contributed by atoms with Crippen LogP contribution in [0.2, 0.25) is 0 Å². The average molecular weight is 407 g/mol. The van der Waals surface area contributed by atoms with Gasteiger partial charge in [0.05, 0.1) is 0 Å². The molecule has 0 bridgehead atoms. The molecule has 4 rings (SSSR count). The molecule has 1 aromatic carbocycles. The lowest BCUT2D eigenvalue weighted by atomic mass is 10.1. The molecule has 1 aromatic heterocycles. The van der Waals surface area contributed by atoms with Crippen molar-refractivity contribution in [3.63, 3.8) is 0 Å². The molecule has 0 spiro atoms. The minimum Gasteiger partial charge on any atom is -0.365 e. The second-order valence-electron chi connectivity index (χ2n) is 8.11. The van der Waals surface area contributed by atoms with Crippen LogP contribution in [-0.4, -0.2) is 51.4 Å². The van der Waals surface area contributed by atoms with E-state index in [1.54, 1.807) is 0 Å². The van der Waals surface area contributed by atoms with Crippen molar-refractivity contribution in [1.82, 2.24) is 19.8 Å². The number of fused-ring (bicyclic) bond motifs is 1. The topological polar surface area (TPSA) is 73.4 Å². The van der Waals surface area contributed by atoms with Crippen LogP contribution in [0.1, 0.15) is 36.5 Å². The van der Waals surface area contributed by atoms with Gasteiger partial charge in [0.15, 0.2) is 0 Å². The van der Waals surface area contributed by atoms with Crippen molar-refractivity contribution >= 4 is 23.4 Å². The van der Waals surface area contributed by atoms with Gasteiger partial charge >= 0.3 is 0 Å². The SMILES string of the molecule is C=CC(=O)N1CCCC(Nc2nc(Nc3ccc4c(c3)CN(CC)C4)ncc2C)C1. The molecule has 3 heterocycles. The Hall–Kier alpha value is -2.93. The zero-order valence-electron chi connectivity index (χ0n) is 17.8. The van der Waals surface area contributed by atoms with Gasteiger partial charge in [-0.1, -0.05) is 19.6 Å². The molecule has 1 unspecified atom stereocenters. The van der Waals surface area contributed by atoms with E-state index in [-0.39, 0.29) is 11.9 Å². The molecule has 1 atom stereocenters. The van der Waals surface area contributed by atoms with Gasteiger partial charge in [0.1, 0.15) is 5.82 Å². The Bertz CT molecular complexity index is 943. The van der Waals surface area contributed by atoms with E-state index in [1.807, 2.05) is 18.0 Å². The van der Waals surface area contributed by atoms with Crippen molar-refractivity contribution in [2.24, 2.45) is 0 Å². The molecule has 0 saturated carbocycles. The van der Waals surface area contributed by atoms with Crippen molar-refractivity contribution in [3.05, 3.63) is 53.7 Å². The number of likely N-dealkylation sites (tertiary alicyclic amines) is 1. The third kappa shape index (κ3) is 4.46. The maximum atomic E-state index is 12.0. The molecule has 2 aliphatic rings. The number of carbonyl (C=O) groups is 1. The van der Waals surface area contributed by atoms with Gasteiger partial charge in [0.2, 0.25) is 11.9 Å². The molecule has 2 aliphatic heterocycles. The van der Waals surface area contributed by atoms with Crippen LogP contribution in [0.4, 0.5) is 17.5 Å². The van der Waals surface area contributed by atoms with E-state index in [1.165, 1.54) is 17.2 Å². The van der Waals surface area contributed by atoms with Gasteiger partial charge in [-0.25, -0.2) is 4.98 Å². The molecule has 30 heavy (non-hydrogen) atoms. The molecule has 0 aliphatic carbocycles. The fourth-order valence-corrected chi connectivity index (χ4v) is 4.16. The number of carbonyl (C=O) groups excluding carboxylic acids is 1. The molecule has 1 fully saturated rings. The number of aryl methyl sites for hydroxylation is 1. The van der Waals surface area contributed by atoms with Gasteiger partial charge in [0.25, 0.3) is 0 Å². The smallest absolute Gasteiger partial charge is 0.246 e. The number of aromatic nitrogens is 2. The Morgan fingerprint density at radius 3 is 2.97 bits per heavy atom. The molecular weight excluding hydrogens is 376 g/mol. The second-order valence-corrected chi connectivity index (χ2v) is 8.11. The van der Waals surface area contributed by atoms with E-state index in [0.29, 0.717) is 12.5 Å². The highest BCUT2D eigenvalue weighted by Crippen LogP contribution is 2.27. The monoisotopic (exact) mass is 406 g/mol. The van der Waals surface area contributed by atoms with Crippen molar-refractivity contribution in [2.45, 2.75) is 45.8 Å². The number of rotatable bonds is 6. The number of nitrogens with zero attached hydrogens (tertiary/aromatic N) is 4. The fourth-order valence-electron chi connectivity index (χ4n) is 4.16. The summed E-state index contributed by atoms with van der Waals surface area (Å²) in [4.78, 5) is 25.4. The summed E-state index contributed by atoms with van der Waals surface area (Å²) >= 11 is 0. The first-order valence-electron chi connectivity index (χ1n) is 10.7. The third-order valence-corrected chi connectivity index (χ3v) is 5.92. The molecule has 2 aromatic rings. The standard InChI is InChI=1S/C23H30N6O/c1-4-21(30)29-10-6-7-20(15-29)25-22-16(3)12-24-23(27-22)26-19-9-8-17-13-28(5-2)14-18(17)11-19/h4,8-9,11-12,20H,1,5-7,10,13-15H2,2-3H3,(H2,24,25,26,27). The zero-order valence-corrected chi connectivity index (χ0v) is 17.8. The van der Waals surface area contributed by atoms with Crippen molar-refractivity contribution < 1.29 is 4.79 Å². The quantitative estimate of drug-likeness (QED) is 0.716. The maximum Gasteiger partial charge on any atom is 0.246 e. The first-order valence-corrected chi connectivity index (χ1v) is 10.7.